The quantitative estimate of drug-likeness (QED) is 0.677. The van der Waals surface area contributed by atoms with Gasteiger partial charge in [0.05, 0.1) is 12.3 Å². The predicted molar refractivity (Wildman–Crippen MR) is 99.2 cm³/mol. The highest BCUT2D eigenvalue weighted by molar-refractivity contribution is 5.97. The Morgan fingerprint density at radius 2 is 1.62 bits per heavy atom. The fraction of sp³-hybridized carbons (Fsp3) is 0.136. The van der Waals surface area contributed by atoms with E-state index in [2.05, 4.69) is 0 Å². The molecule has 0 saturated carbocycles. The van der Waals surface area contributed by atoms with Crippen molar-refractivity contribution in [2.75, 3.05) is 13.7 Å². The second-order valence-electron chi connectivity index (χ2n) is 6.17. The molecule has 0 radical (unpaired) electrons. The van der Waals surface area contributed by atoms with E-state index in [4.69, 9.17) is 14.5 Å². The molecule has 0 N–H and O–H groups in total. The largest absolute Gasteiger partial charge is 0.458 e. The maximum Gasteiger partial charge on any atom is 0.222 e. The van der Waals surface area contributed by atoms with E-state index in [9.17, 15) is 4.39 Å². The third-order valence-electron chi connectivity index (χ3n) is 4.51. The van der Waals surface area contributed by atoms with Crippen LogP contribution in [-0.4, -0.2) is 19.6 Å². The molecular weight excluding hydrogens is 329 g/mol. The van der Waals surface area contributed by atoms with Crippen molar-refractivity contribution in [1.29, 1.82) is 0 Å². The van der Waals surface area contributed by atoms with Gasteiger partial charge in [0.1, 0.15) is 5.82 Å². The predicted octanol–water partition coefficient (Wildman–Crippen LogP) is 4.82. The van der Waals surface area contributed by atoms with Gasteiger partial charge in [0.15, 0.2) is 5.60 Å². The van der Waals surface area contributed by atoms with Crippen molar-refractivity contribution in [2.45, 2.75) is 5.60 Å². The number of benzene rings is 3. The number of nitrogens with zero attached hydrogens (tertiary/aromatic N) is 1. The SMILES string of the molecule is COCC1(c2ccc(F)cc2)OC(c2ccccc2)=Nc2ccccc21. The molecule has 130 valence electrons. The van der Waals surface area contributed by atoms with Gasteiger partial charge < -0.3 is 9.47 Å². The number of fused-ring (bicyclic) bond motifs is 1. The summed E-state index contributed by atoms with van der Waals surface area (Å²) in [5, 5.41) is 0. The van der Waals surface area contributed by atoms with Crippen molar-refractivity contribution in [3.63, 3.8) is 0 Å². The average Bonchev–Trinajstić information content (AvgIpc) is 2.69. The van der Waals surface area contributed by atoms with Crippen LogP contribution in [0.2, 0.25) is 0 Å². The molecule has 1 aliphatic heterocycles. The van der Waals surface area contributed by atoms with Crippen LogP contribution in [0.3, 0.4) is 0 Å². The summed E-state index contributed by atoms with van der Waals surface area (Å²) < 4.78 is 25.5. The monoisotopic (exact) mass is 347 g/mol. The summed E-state index contributed by atoms with van der Waals surface area (Å²) in [6.07, 6.45) is 0. The Hall–Kier alpha value is -2.98. The smallest absolute Gasteiger partial charge is 0.222 e. The number of para-hydroxylation sites is 1. The molecule has 3 aromatic carbocycles. The van der Waals surface area contributed by atoms with E-state index in [1.807, 2.05) is 54.6 Å². The number of aliphatic imine (C=N–C) groups is 1. The van der Waals surface area contributed by atoms with Crippen LogP contribution < -0.4 is 0 Å². The summed E-state index contributed by atoms with van der Waals surface area (Å²) in [5.41, 5.74) is 2.51. The second-order valence-corrected chi connectivity index (χ2v) is 6.17. The molecule has 0 fully saturated rings. The van der Waals surface area contributed by atoms with Crippen molar-refractivity contribution in [3.8, 4) is 0 Å². The van der Waals surface area contributed by atoms with Crippen LogP contribution in [0.15, 0.2) is 83.9 Å². The number of halogens is 1. The molecule has 4 rings (SSSR count). The summed E-state index contributed by atoms with van der Waals surface area (Å²) in [4.78, 5) is 4.70. The van der Waals surface area contributed by atoms with Crippen LogP contribution in [-0.2, 0) is 15.1 Å². The lowest BCUT2D eigenvalue weighted by Crippen LogP contribution is -2.40. The maximum absolute atomic E-state index is 13.5. The lowest BCUT2D eigenvalue weighted by atomic mass is 9.84. The Morgan fingerprint density at radius 3 is 2.35 bits per heavy atom. The first-order valence-electron chi connectivity index (χ1n) is 8.40. The van der Waals surface area contributed by atoms with Crippen LogP contribution in [0.1, 0.15) is 16.7 Å². The number of rotatable bonds is 4. The van der Waals surface area contributed by atoms with Gasteiger partial charge in [-0.2, -0.15) is 0 Å². The molecule has 1 unspecified atom stereocenters. The molecule has 1 aliphatic rings. The van der Waals surface area contributed by atoms with Gasteiger partial charge in [-0.3, -0.25) is 0 Å². The Morgan fingerprint density at radius 1 is 0.923 bits per heavy atom. The third-order valence-corrected chi connectivity index (χ3v) is 4.51. The first-order valence-corrected chi connectivity index (χ1v) is 8.40. The number of hydrogen-bond donors (Lipinski definition) is 0. The Labute approximate surface area is 151 Å². The third kappa shape index (κ3) is 2.78. The Balaban J connectivity index is 1.93. The number of hydrogen-bond acceptors (Lipinski definition) is 3. The van der Waals surface area contributed by atoms with Crippen molar-refractivity contribution < 1.29 is 13.9 Å². The molecule has 0 amide bonds. The summed E-state index contributed by atoms with van der Waals surface area (Å²) >= 11 is 0. The van der Waals surface area contributed by atoms with Gasteiger partial charge in [-0.1, -0.05) is 48.5 Å². The highest BCUT2D eigenvalue weighted by atomic mass is 19.1. The molecule has 3 aromatic rings. The van der Waals surface area contributed by atoms with E-state index in [-0.39, 0.29) is 12.4 Å². The lowest BCUT2D eigenvalue weighted by molar-refractivity contribution is 0.00623. The molecule has 0 bridgehead atoms. The lowest BCUT2D eigenvalue weighted by Gasteiger charge is -2.38. The van der Waals surface area contributed by atoms with Gasteiger partial charge in [0, 0.05) is 23.8 Å². The van der Waals surface area contributed by atoms with E-state index in [1.165, 1.54) is 12.1 Å². The molecule has 4 heteroatoms. The fourth-order valence-electron chi connectivity index (χ4n) is 3.30. The number of ether oxygens (including phenoxy) is 2. The van der Waals surface area contributed by atoms with Gasteiger partial charge in [-0.05, 0) is 30.3 Å². The van der Waals surface area contributed by atoms with Crippen LogP contribution in [0, 0.1) is 5.82 Å². The molecule has 1 heterocycles. The zero-order valence-electron chi connectivity index (χ0n) is 14.4. The topological polar surface area (TPSA) is 30.8 Å². The highest BCUT2D eigenvalue weighted by Gasteiger charge is 2.42. The molecule has 0 aromatic heterocycles. The van der Waals surface area contributed by atoms with E-state index >= 15 is 0 Å². The van der Waals surface area contributed by atoms with Crippen molar-refractivity contribution >= 4 is 11.6 Å². The minimum absolute atomic E-state index is 0.279. The van der Waals surface area contributed by atoms with Crippen LogP contribution in [0.5, 0.6) is 0 Å². The maximum atomic E-state index is 13.5. The van der Waals surface area contributed by atoms with Crippen molar-refractivity contribution in [3.05, 3.63) is 101 Å². The molecule has 0 aliphatic carbocycles. The van der Waals surface area contributed by atoms with Crippen molar-refractivity contribution in [2.24, 2.45) is 4.99 Å². The Bertz CT molecular complexity index is 938. The Kier molecular flexibility index (Phi) is 4.27. The zero-order chi connectivity index (χ0) is 18.0. The van der Waals surface area contributed by atoms with E-state index in [1.54, 1.807) is 19.2 Å². The molecule has 0 saturated heterocycles. The molecule has 1 atom stereocenters. The molecular formula is C22H18FNO2. The minimum atomic E-state index is -0.897. The standard InChI is InChI=1S/C22H18FNO2/c1-25-15-22(17-11-13-18(23)14-12-17)19-9-5-6-10-20(19)24-21(26-22)16-7-3-2-4-8-16/h2-14H,15H2,1H3. The fourth-order valence-corrected chi connectivity index (χ4v) is 3.30. The molecule has 26 heavy (non-hydrogen) atoms. The van der Waals surface area contributed by atoms with Gasteiger partial charge in [-0.25, -0.2) is 9.38 Å². The van der Waals surface area contributed by atoms with Crippen molar-refractivity contribution in [1.82, 2.24) is 0 Å². The first-order chi connectivity index (χ1) is 12.7. The minimum Gasteiger partial charge on any atom is -0.458 e. The van der Waals surface area contributed by atoms with Crippen LogP contribution in [0.25, 0.3) is 0 Å². The van der Waals surface area contributed by atoms with Crippen LogP contribution >= 0.6 is 0 Å². The van der Waals surface area contributed by atoms with Gasteiger partial charge in [-0.15, -0.1) is 0 Å². The summed E-state index contributed by atoms with van der Waals surface area (Å²) in [7, 11) is 1.63. The molecule has 3 nitrogen and oxygen atoms in total. The molecule has 0 spiro atoms. The normalized spacial score (nSPS) is 18.6. The summed E-state index contributed by atoms with van der Waals surface area (Å²) in [5.74, 6) is 0.230. The zero-order valence-corrected chi connectivity index (χ0v) is 14.4. The van der Waals surface area contributed by atoms with Crippen LogP contribution in [0.4, 0.5) is 10.1 Å². The average molecular weight is 347 g/mol. The second kappa shape index (κ2) is 6.73. The van der Waals surface area contributed by atoms with E-state index in [0.717, 1.165) is 22.4 Å². The number of methoxy groups -OCH3 is 1. The van der Waals surface area contributed by atoms with E-state index < -0.39 is 5.60 Å². The summed E-state index contributed by atoms with van der Waals surface area (Å²) in [6.45, 7) is 0.279. The summed E-state index contributed by atoms with van der Waals surface area (Å²) in [6, 6.07) is 23.9. The van der Waals surface area contributed by atoms with Gasteiger partial charge in [0.2, 0.25) is 5.90 Å². The van der Waals surface area contributed by atoms with Gasteiger partial charge in [0.25, 0.3) is 0 Å². The first kappa shape index (κ1) is 16.5. The van der Waals surface area contributed by atoms with Gasteiger partial charge >= 0.3 is 0 Å². The van der Waals surface area contributed by atoms with E-state index in [0.29, 0.717) is 5.90 Å². The highest BCUT2D eigenvalue weighted by Crippen LogP contribution is 2.43.